The molecule has 0 aromatic carbocycles. The lowest BCUT2D eigenvalue weighted by Crippen LogP contribution is -2.25. The standard InChI is InChI=1S/C10H16ClN3O3S/c1-8(7-15)3-2-4-14-18(16,17)9-5-12-10(11)13-6-9/h5-6,8,14-15H,2-4,7H2,1H3. The Bertz CT molecular complexity index is 464. The Labute approximate surface area is 111 Å². The van der Waals surface area contributed by atoms with Crippen LogP contribution in [-0.4, -0.2) is 36.6 Å². The van der Waals surface area contributed by atoms with Gasteiger partial charge in [-0.25, -0.2) is 23.1 Å². The topological polar surface area (TPSA) is 92.2 Å². The van der Waals surface area contributed by atoms with E-state index < -0.39 is 10.0 Å². The summed E-state index contributed by atoms with van der Waals surface area (Å²) in [5.41, 5.74) is 0. The van der Waals surface area contributed by atoms with E-state index in [0.717, 1.165) is 18.8 Å². The summed E-state index contributed by atoms with van der Waals surface area (Å²) in [7, 11) is -3.58. The van der Waals surface area contributed by atoms with E-state index in [1.165, 1.54) is 0 Å². The van der Waals surface area contributed by atoms with Crippen LogP contribution in [0.2, 0.25) is 5.28 Å². The number of aromatic nitrogens is 2. The zero-order chi connectivity index (χ0) is 13.6. The fourth-order valence-corrected chi connectivity index (χ4v) is 2.33. The molecule has 0 fully saturated rings. The van der Waals surface area contributed by atoms with Gasteiger partial charge >= 0.3 is 0 Å². The molecule has 1 aromatic rings. The zero-order valence-electron chi connectivity index (χ0n) is 10.0. The third-order valence-corrected chi connectivity index (χ3v) is 4.00. The van der Waals surface area contributed by atoms with Crippen molar-refractivity contribution in [1.82, 2.24) is 14.7 Å². The van der Waals surface area contributed by atoms with Crippen LogP contribution in [0.15, 0.2) is 17.3 Å². The van der Waals surface area contributed by atoms with Gasteiger partial charge in [0, 0.05) is 13.2 Å². The van der Waals surface area contributed by atoms with Gasteiger partial charge in [0.1, 0.15) is 4.90 Å². The summed E-state index contributed by atoms with van der Waals surface area (Å²) in [6, 6.07) is 0. The molecule has 18 heavy (non-hydrogen) atoms. The highest BCUT2D eigenvalue weighted by Gasteiger charge is 2.14. The number of aliphatic hydroxyl groups excluding tert-OH is 1. The lowest BCUT2D eigenvalue weighted by atomic mass is 10.1. The number of rotatable bonds is 7. The molecule has 0 aliphatic rings. The van der Waals surface area contributed by atoms with Crippen molar-refractivity contribution >= 4 is 21.6 Å². The minimum absolute atomic E-state index is 0.00530. The molecule has 0 radical (unpaired) electrons. The maximum absolute atomic E-state index is 11.8. The second kappa shape index (κ2) is 6.98. The zero-order valence-corrected chi connectivity index (χ0v) is 11.6. The van der Waals surface area contributed by atoms with Crippen molar-refractivity contribution in [3.8, 4) is 0 Å². The molecule has 1 aromatic heterocycles. The molecule has 1 heterocycles. The average Bonchev–Trinajstić information content (AvgIpc) is 2.35. The molecular formula is C10H16ClN3O3S. The summed E-state index contributed by atoms with van der Waals surface area (Å²) < 4.78 is 26.0. The van der Waals surface area contributed by atoms with Gasteiger partial charge in [0.05, 0.1) is 12.4 Å². The Morgan fingerprint density at radius 3 is 2.61 bits per heavy atom. The Morgan fingerprint density at radius 1 is 1.44 bits per heavy atom. The van der Waals surface area contributed by atoms with Gasteiger partial charge in [0.2, 0.25) is 15.3 Å². The summed E-state index contributed by atoms with van der Waals surface area (Å²) in [5.74, 6) is 0.174. The minimum atomic E-state index is -3.58. The van der Waals surface area contributed by atoms with Crippen LogP contribution in [0, 0.1) is 5.92 Å². The summed E-state index contributed by atoms with van der Waals surface area (Å²) in [4.78, 5) is 7.22. The fourth-order valence-electron chi connectivity index (χ4n) is 1.27. The van der Waals surface area contributed by atoms with Crippen LogP contribution in [0.4, 0.5) is 0 Å². The third-order valence-electron chi connectivity index (χ3n) is 2.38. The molecule has 0 saturated heterocycles. The highest BCUT2D eigenvalue weighted by molar-refractivity contribution is 7.89. The van der Waals surface area contributed by atoms with E-state index in [-0.39, 0.29) is 22.7 Å². The van der Waals surface area contributed by atoms with Crippen molar-refractivity contribution < 1.29 is 13.5 Å². The molecule has 0 saturated carbocycles. The molecule has 0 spiro atoms. The summed E-state index contributed by atoms with van der Waals surface area (Å²) in [6.07, 6.45) is 3.74. The van der Waals surface area contributed by atoms with Crippen LogP contribution < -0.4 is 4.72 Å². The van der Waals surface area contributed by atoms with Crippen LogP contribution in [0.25, 0.3) is 0 Å². The number of aliphatic hydroxyl groups is 1. The molecule has 1 atom stereocenters. The van der Waals surface area contributed by atoms with Crippen LogP contribution in [0.1, 0.15) is 19.8 Å². The number of halogens is 1. The first-order chi connectivity index (χ1) is 8.45. The summed E-state index contributed by atoms with van der Waals surface area (Å²) in [6.45, 7) is 2.33. The Morgan fingerprint density at radius 2 is 2.06 bits per heavy atom. The number of nitrogens with one attached hydrogen (secondary N) is 1. The number of nitrogens with zero attached hydrogens (tertiary/aromatic N) is 2. The second-order valence-electron chi connectivity index (χ2n) is 4.02. The van der Waals surface area contributed by atoms with Gasteiger partial charge in [-0.2, -0.15) is 0 Å². The highest BCUT2D eigenvalue weighted by atomic mass is 35.5. The monoisotopic (exact) mass is 293 g/mol. The molecule has 0 aliphatic heterocycles. The van der Waals surface area contributed by atoms with Gasteiger partial charge < -0.3 is 5.11 Å². The smallest absolute Gasteiger partial charge is 0.243 e. The van der Waals surface area contributed by atoms with Crippen molar-refractivity contribution in [3.63, 3.8) is 0 Å². The normalized spacial score (nSPS) is 13.5. The van der Waals surface area contributed by atoms with E-state index in [9.17, 15) is 8.42 Å². The Hall–Kier alpha value is -0.760. The second-order valence-corrected chi connectivity index (χ2v) is 6.12. The average molecular weight is 294 g/mol. The molecule has 8 heteroatoms. The fraction of sp³-hybridized carbons (Fsp3) is 0.600. The molecule has 6 nitrogen and oxygen atoms in total. The van der Waals surface area contributed by atoms with Crippen molar-refractivity contribution in [2.45, 2.75) is 24.7 Å². The molecule has 1 rings (SSSR count). The van der Waals surface area contributed by atoms with Crippen LogP contribution in [0.5, 0.6) is 0 Å². The van der Waals surface area contributed by atoms with E-state index >= 15 is 0 Å². The first kappa shape index (κ1) is 15.3. The van der Waals surface area contributed by atoms with Gasteiger partial charge in [0.25, 0.3) is 0 Å². The van der Waals surface area contributed by atoms with Crippen molar-refractivity contribution in [2.75, 3.05) is 13.2 Å². The highest BCUT2D eigenvalue weighted by Crippen LogP contribution is 2.08. The van der Waals surface area contributed by atoms with Crippen molar-refractivity contribution in [3.05, 3.63) is 17.7 Å². The molecule has 0 aliphatic carbocycles. The molecule has 2 N–H and O–H groups in total. The number of hydrogen-bond acceptors (Lipinski definition) is 5. The minimum Gasteiger partial charge on any atom is -0.396 e. The van der Waals surface area contributed by atoms with Crippen molar-refractivity contribution in [1.29, 1.82) is 0 Å². The van der Waals surface area contributed by atoms with E-state index in [1.807, 2.05) is 6.92 Å². The van der Waals surface area contributed by atoms with Gasteiger partial charge in [-0.05, 0) is 30.4 Å². The lowest BCUT2D eigenvalue weighted by molar-refractivity contribution is 0.228. The quantitative estimate of drug-likeness (QED) is 0.573. The van der Waals surface area contributed by atoms with Crippen LogP contribution in [-0.2, 0) is 10.0 Å². The first-order valence-corrected chi connectivity index (χ1v) is 7.40. The van der Waals surface area contributed by atoms with Gasteiger partial charge in [-0.1, -0.05) is 6.92 Å². The van der Waals surface area contributed by atoms with E-state index in [4.69, 9.17) is 16.7 Å². The molecule has 1 unspecified atom stereocenters. The Kier molecular flexibility index (Phi) is 5.94. The maximum Gasteiger partial charge on any atom is 0.243 e. The predicted octanol–water partition coefficient (Wildman–Crippen LogP) is 0.817. The first-order valence-electron chi connectivity index (χ1n) is 5.54. The third kappa shape index (κ3) is 4.85. The summed E-state index contributed by atoms with van der Waals surface area (Å²) in [5, 5.41) is 8.84. The number of sulfonamides is 1. The SMILES string of the molecule is CC(CO)CCCNS(=O)(=O)c1cnc(Cl)nc1. The van der Waals surface area contributed by atoms with E-state index in [0.29, 0.717) is 13.0 Å². The predicted molar refractivity (Wildman–Crippen MR) is 67.7 cm³/mol. The van der Waals surface area contributed by atoms with Crippen molar-refractivity contribution in [2.24, 2.45) is 5.92 Å². The molecular weight excluding hydrogens is 278 g/mol. The number of hydrogen-bond donors (Lipinski definition) is 2. The maximum atomic E-state index is 11.8. The molecule has 0 bridgehead atoms. The van der Waals surface area contributed by atoms with Crippen LogP contribution >= 0.6 is 11.6 Å². The van der Waals surface area contributed by atoms with E-state index in [2.05, 4.69) is 14.7 Å². The summed E-state index contributed by atoms with van der Waals surface area (Å²) >= 11 is 5.48. The van der Waals surface area contributed by atoms with Gasteiger partial charge in [0.15, 0.2) is 0 Å². The van der Waals surface area contributed by atoms with E-state index in [1.54, 1.807) is 0 Å². The lowest BCUT2D eigenvalue weighted by Gasteiger charge is -2.08. The van der Waals surface area contributed by atoms with Crippen LogP contribution in [0.3, 0.4) is 0 Å². The molecule has 102 valence electrons. The van der Waals surface area contributed by atoms with Gasteiger partial charge in [-0.15, -0.1) is 0 Å². The molecule has 0 amide bonds. The largest absolute Gasteiger partial charge is 0.396 e. The van der Waals surface area contributed by atoms with Gasteiger partial charge in [-0.3, -0.25) is 0 Å². The Balaban J connectivity index is 2.48.